The van der Waals surface area contributed by atoms with Gasteiger partial charge in [0.1, 0.15) is 17.1 Å². The molecule has 0 spiro atoms. The predicted molar refractivity (Wildman–Crippen MR) is 156 cm³/mol. The highest BCUT2D eigenvalue weighted by Gasteiger charge is 2.25. The number of nitrogen functional groups attached to an aromatic ring is 1. The highest BCUT2D eigenvalue weighted by Crippen LogP contribution is 2.34. The zero-order chi connectivity index (χ0) is 28.9. The van der Waals surface area contributed by atoms with Gasteiger partial charge < -0.3 is 15.8 Å². The minimum atomic E-state index is -2.87. The Balaban J connectivity index is 1.16. The molecule has 1 unspecified atom stereocenters. The maximum atomic E-state index is 12.7. The van der Waals surface area contributed by atoms with Crippen LogP contribution < -0.4 is 15.8 Å². The molecular weight excluding hydrogens is 538 g/mol. The number of hydrogen-bond acceptors (Lipinski definition) is 7. The molecule has 0 saturated heterocycles. The molecule has 4 N–H and O–H groups in total. The summed E-state index contributed by atoms with van der Waals surface area (Å²) < 4.78 is 31.7. The van der Waals surface area contributed by atoms with Crippen molar-refractivity contribution in [3.63, 3.8) is 0 Å². The SMILES string of the molecule is Nc1cc(C(CCN[C@H]2CC[C@H](c3ccccc3)CC2)c2cnn(Cc3cccc(OC(F)F)c3)c2)c2nn[nH]c2n1. The quantitative estimate of drug-likeness (QED) is 0.188. The maximum absolute atomic E-state index is 12.7. The summed E-state index contributed by atoms with van der Waals surface area (Å²) in [5.74, 6) is 1.09. The van der Waals surface area contributed by atoms with Crippen molar-refractivity contribution in [2.45, 2.75) is 63.1 Å². The molecule has 42 heavy (non-hydrogen) atoms. The van der Waals surface area contributed by atoms with Crippen LogP contribution in [-0.2, 0) is 6.54 Å². The number of anilines is 1. The number of alkyl halides is 2. The van der Waals surface area contributed by atoms with Gasteiger partial charge in [-0.2, -0.15) is 13.9 Å². The third-order valence-electron chi connectivity index (χ3n) is 8.11. The van der Waals surface area contributed by atoms with E-state index in [-0.39, 0.29) is 11.7 Å². The second kappa shape index (κ2) is 12.6. The van der Waals surface area contributed by atoms with Crippen molar-refractivity contribution >= 4 is 17.0 Å². The third-order valence-corrected chi connectivity index (χ3v) is 8.11. The van der Waals surface area contributed by atoms with E-state index < -0.39 is 6.61 Å². The Morgan fingerprint density at radius 2 is 1.88 bits per heavy atom. The Morgan fingerprint density at radius 1 is 1.05 bits per heavy atom. The minimum Gasteiger partial charge on any atom is -0.435 e. The monoisotopic (exact) mass is 572 g/mol. The van der Waals surface area contributed by atoms with E-state index >= 15 is 0 Å². The fraction of sp³-hybridized carbons (Fsp3) is 0.355. The number of halogens is 2. The summed E-state index contributed by atoms with van der Waals surface area (Å²) in [5, 5.41) is 19.5. The lowest BCUT2D eigenvalue weighted by Crippen LogP contribution is -2.34. The first-order valence-corrected chi connectivity index (χ1v) is 14.3. The summed E-state index contributed by atoms with van der Waals surface area (Å²) in [6.07, 6.45) is 9.28. The van der Waals surface area contributed by atoms with Gasteiger partial charge in [-0.25, -0.2) is 10.1 Å². The molecule has 3 aromatic heterocycles. The lowest BCUT2D eigenvalue weighted by atomic mass is 9.81. The number of nitrogens with zero attached hydrogens (tertiary/aromatic N) is 5. The fourth-order valence-electron chi connectivity index (χ4n) is 6.09. The Morgan fingerprint density at radius 3 is 2.69 bits per heavy atom. The van der Waals surface area contributed by atoms with Gasteiger partial charge in [-0.15, -0.1) is 5.10 Å². The molecule has 5 aromatic rings. The lowest BCUT2D eigenvalue weighted by molar-refractivity contribution is -0.0498. The number of ether oxygens (including phenoxy) is 1. The molecule has 6 rings (SSSR count). The van der Waals surface area contributed by atoms with Crippen LogP contribution in [0.15, 0.2) is 73.1 Å². The van der Waals surface area contributed by atoms with E-state index in [1.54, 1.807) is 16.8 Å². The Hall–Kier alpha value is -4.38. The number of H-pyrrole nitrogens is 1. The van der Waals surface area contributed by atoms with E-state index in [0.29, 0.717) is 35.5 Å². The van der Waals surface area contributed by atoms with Gasteiger partial charge in [-0.3, -0.25) is 4.68 Å². The van der Waals surface area contributed by atoms with E-state index in [4.69, 9.17) is 5.73 Å². The first-order chi connectivity index (χ1) is 20.5. The second-order valence-electron chi connectivity index (χ2n) is 10.9. The van der Waals surface area contributed by atoms with E-state index in [9.17, 15) is 8.78 Å². The first kappa shape index (κ1) is 27.8. The molecule has 1 aliphatic rings. The van der Waals surface area contributed by atoms with Crippen molar-refractivity contribution in [1.82, 2.24) is 35.5 Å². The van der Waals surface area contributed by atoms with Crippen molar-refractivity contribution < 1.29 is 13.5 Å². The summed E-state index contributed by atoms with van der Waals surface area (Å²) >= 11 is 0. The van der Waals surface area contributed by atoms with Gasteiger partial charge in [0.15, 0.2) is 5.65 Å². The third kappa shape index (κ3) is 6.57. The van der Waals surface area contributed by atoms with E-state index in [1.165, 1.54) is 24.5 Å². The average Bonchev–Trinajstić information content (AvgIpc) is 3.65. The second-order valence-corrected chi connectivity index (χ2v) is 10.9. The van der Waals surface area contributed by atoms with Gasteiger partial charge in [0, 0.05) is 18.2 Å². The topological polar surface area (TPSA) is 120 Å². The normalized spacial score (nSPS) is 18.0. The van der Waals surface area contributed by atoms with E-state index in [2.05, 4.69) is 65.9 Å². The molecule has 9 nitrogen and oxygen atoms in total. The fourth-order valence-corrected chi connectivity index (χ4v) is 6.09. The molecule has 0 bridgehead atoms. The molecule has 0 aliphatic heterocycles. The van der Waals surface area contributed by atoms with Gasteiger partial charge >= 0.3 is 6.61 Å². The van der Waals surface area contributed by atoms with Crippen LogP contribution in [0.25, 0.3) is 11.2 Å². The number of nitrogens with two attached hydrogens (primary N) is 1. The van der Waals surface area contributed by atoms with Gasteiger partial charge in [0.25, 0.3) is 0 Å². The molecule has 11 heteroatoms. The molecule has 3 heterocycles. The average molecular weight is 573 g/mol. The zero-order valence-electron chi connectivity index (χ0n) is 23.2. The Labute approximate surface area is 242 Å². The van der Waals surface area contributed by atoms with Crippen molar-refractivity contribution in [1.29, 1.82) is 0 Å². The van der Waals surface area contributed by atoms with Crippen LogP contribution in [0, 0.1) is 0 Å². The van der Waals surface area contributed by atoms with Crippen molar-refractivity contribution in [3.8, 4) is 5.75 Å². The molecule has 1 atom stereocenters. The standard InChI is InChI=1S/C31H34F2N8O/c32-31(33)42-25-8-4-5-20(15-25)18-41-19-23(17-36-41)26(27-16-28(34)37-30-29(27)38-40-39-30)13-14-35-24-11-9-22(10-12-24)21-6-2-1-3-7-21/h1-8,15-17,19,22,24,26,31,35H,9-14,18H2,(H3,34,37,38,39,40)/t22-,24-,26?. The highest BCUT2D eigenvalue weighted by molar-refractivity contribution is 5.77. The van der Waals surface area contributed by atoms with Crippen molar-refractivity contribution in [2.24, 2.45) is 0 Å². The Kier molecular flexibility index (Phi) is 8.36. The summed E-state index contributed by atoms with van der Waals surface area (Å²) in [5.41, 5.74) is 11.6. The number of benzene rings is 2. The number of nitrogens with one attached hydrogen (secondary N) is 2. The predicted octanol–water partition coefficient (Wildman–Crippen LogP) is 5.62. The number of hydrogen-bond donors (Lipinski definition) is 3. The van der Waals surface area contributed by atoms with E-state index in [1.807, 2.05) is 24.5 Å². The molecule has 218 valence electrons. The first-order valence-electron chi connectivity index (χ1n) is 14.3. The molecule has 1 aliphatic carbocycles. The largest absolute Gasteiger partial charge is 0.435 e. The molecule has 1 fully saturated rings. The molecule has 1 saturated carbocycles. The molecular formula is C31H34F2N8O. The summed E-state index contributed by atoms with van der Waals surface area (Å²) in [4.78, 5) is 4.34. The number of pyridine rings is 1. The van der Waals surface area contributed by atoms with Gasteiger partial charge in [-0.05, 0) is 85.0 Å². The van der Waals surface area contributed by atoms with Crippen molar-refractivity contribution in [2.75, 3.05) is 12.3 Å². The number of fused-ring (bicyclic) bond motifs is 1. The van der Waals surface area contributed by atoms with E-state index in [0.717, 1.165) is 42.5 Å². The van der Waals surface area contributed by atoms with Crippen LogP contribution in [0.4, 0.5) is 14.6 Å². The highest BCUT2D eigenvalue weighted by atomic mass is 19.3. The maximum Gasteiger partial charge on any atom is 0.387 e. The number of rotatable bonds is 11. The van der Waals surface area contributed by atoms with Gasteiger partial charge in [0.05, 0.1) is 12.7 Å². The van der Waals surface area contributed by atoms with Gasteiger partial charge in [0.2, 0.25) is 0 Å². The molecule has 2 aromatic carbocycles. The van der Waals surface area contributed by atoms with Crippen LogP contribution in [0.2, 0.25) is 0 Å². The number of aromatic nitrogens is 6. The summed E-state index contributed by atoms with van der Waals surface area (Å²) in [7, 11) is 0. The van der Waals surface area contributed by atoms with Crippen LogP contribution >= 0.6 is 0 Å². The zero-order valence-corrected chi connectivity index (χ0v) is 23.2. The van der Waals surface area contributed by atoms with Crippen LogP contribution in [-0.4, -0.2) is 49.4 Å². The molecule has 0 radical (unpaired) electrons. The Bertz CT molecular complexity index is 1600. The van der Waals surface area contributed by atoms with Gasteiger partial charge in [-0.1, -0.05) is 47.7 Å². The van der Waals surface area contributed by atoms with Crippen LogP contribution in [0.1, 0.15) is 66.2 Å². The smallest absolute Gasteiger partial charge is 0.387 e. The number of aromatic amines is 1. The lowest BCUT2D eigenvalue weighted by Gasteiger charge is -2.30. The summed E-state index contributed by atoms with van der Waals surface area (Å²) in [6, 6.07) is 19.8. The summed E-state index contributed by atoms with van der Waals surface area (Å²) in [6.45, 7) is -1.65. The molecule has 0 amide bonds. The van der Waals surface area contributed by atoms with Crippen LogP contribution in [0.5, 0.6) is 5.75 Å². The van der Waals surface area contributed by atoms with Crippen molar-refractivity contribution in [3.05, 3.63) is 95.3 Å². The minimum absolute atomic E-state index is 0.0571. The van der Waals surface area contributed by atoms with Crippen LogP contribution in [0.3, 0.4) is 0 Å².